The lowest BCUT2D eigenvalue weighted by Gasteiger charge is -2.08. The molecule has 2 aromatic carbocycles. The van der Waals surface area contributed by atoms with Gasteiger partial charge in [0.25, 0.3) is 0 Å². The zero-order valence-electron chi connectivity index (χ0n) is 10.6. The van der Waals surface area contributed by atoms with Gasteiger partial charge >= 0.3 is 0 Å². The first-order chi connectivity index (χ1) is 9.24. The molecule has 1 heterocycles. The van der Waals surface area contributed by atoms with Crippen molar-refractivity contribution < 1.29 is 13.9 Å². The topological polar surface area (TPSA) is 48.7 Å². The fraction of sp³-hybridized carbons (Fsp3) is 0.133. The van der Waals surface area contributed by atoms with Gasteiger partial charge in [-0.25, -0.2) is 0 Å². The molecule has 4 heteroatoms. The van der Waals surface area contributed by atoms with Crippen LogP contribution in [-0.4, -0.2) is 14.2 Å². The van der Waals surface area contributed by atoms with E-state index < -0.39 is 0 Å². The first kappa shape index (κ1) is 11.6. The van der Waals surface area contributed by atoms with E-state index >= 15 is 0 Å². The van der Waals surface area contributed by atoms with Crippen molar-refractivity contribution in [2.45, 2.75) is 0 Å². The second-order valence-corrected chi connectivity index (χ2v) is 4.13. The Hall–Kier alpha value is -2.49. The maximum Gasteiger partial charge on any atom is 0.200 e. The van der Waals surface area contributed by atoms with Gasteiger partial charge in [-0.05, 0) is 18.2 Å². The number of benzene rings is 2. The lowest BCUT2D eigenvalue weighted by Crippen LogP contribution is -2.03. The summed E-state index contributed by atoms with van der Waals surface area (Å²) in [5, 5.41) is 1.00. The zero-order valence-corrected chi connectivity index (χ0v) is 10.6. The number of rotatable bonds is 2. The predicted octanol–water partition coefficient (Wildman–Crippen LogP) is 2.96. The van der Waals surface area contributed by atoms with Crippen molar-refractivity contribution in [1.29, 1.82) is 0 Å². The van der Waals surface area contributed by atoms with Crippen molar-refractivity contribution in [1.82, 2.24) is 0 Å². The molecule has 0 aliphatic carbocycles. The van der Waals surface area contributed by atoms with Crippen molar-refractivity contribution >= 4 is 21.9 Å². The minimum Gasteiger partial charge on any atom is -0.497 e. The van der Waals surface area contributed by atoms with Gasteiger partial charge in [-0.15, -0.1) is 0 Å². The van der Waals surface area contributed by atoms with Crippen LogP contribution < -0.4 is 14.9 Å². The van der Waals surface area contributed by atoms with Crippen LogP contribution in [0.4, 0.5) is 0 Å². The molecule has 0 aliphatic heterocycles. The van der Waals surface area contributed by atoms with E-state index in [1.807, 2.05) is 12.1 Å². The van der Waals surface area contributed by atoms with Gasteiger partial charge in [0.15, 0.2) is 11.3 Å². The molecule has 3 rings (SSSR count). The van der Waals surface area contributed by atoms with Crippen LogP contribution >= 0.6 is 0 Å². The van der Waals surface area contributed by atoms with E-state index in [0.29, 0.717) is 33.4 Å². The molecule has 1 aromatic heterocycles. The summed E-state index contributed by atoms with van der Waals surface area (Å²) < 4.78 is 16.2. The molecule has 4 nitrogen and oxygen atoms in total. The Labute approximate surface area is 109 Å². The molecule has 3 aromatic rings. The van der Waals surface area contributed by atoms with Crippen molar-refractivity contribution in [3.05, 3.63) is 46.6 Å². The molecule has 0 unspecified atom stereocenters. The maximum atomic E-state index is 12.5. The van der Waals surface area contributed by atoms with E-state index in [1.165, 1.54) is 7.11 Å². The quantitative estimate of drug-likeness (QED) is 0.661. The predicted molar refractivity (Wildman–Crippen MR) is 73.1 cm³/mol. The standard InChI is InChI=1S/C15H12O4/c1-17-9-7-11-14(16)10-5-3-4-6-12(10)19-15(11)13(8-9)18-2/h3-8H,1-2H3. The molecule has 0 saturated carbocycles. The number of fused-ring (bicyclic) bond motifs is 2. The number of hydrogen-bond donors (Lipinski definition) is 0. The van der Waals surface area contributed by atoms with E-state index in [0.717, 1.165) is 0 Å². The van der Waals surface area contributed by atoms with Crippen molar-refractivity contribution in [3.8, 4) is 11.5 Å². The summed E-state index contributed by atoms with van der Waals surface area (Å²) in [4.78, 5) is 12.5. The average molecular weight is 256 g/mol. The van der Waals surface area contributed by atoms with E-state index in [-0.39, 0.29) is 5.43 Å². The van der Waals surface area contributed by atoms with Crippen molar-refractivity contribution in [2.24, 2.45) is 0 Å². The fourth-order valence-electron chi connectivity index (χ4n) is 2.12. The average Bonchev–Trinajstić information content (AvgIpc) is 2.47. The van der Waals surface area contributed by atoms with Crippen LogP contribution in [-0.2, 0) is 0 Å². The Morgan fingerprint density at radius 1 is 1.00 bits per heavy atom. The van der Waals surface area contributed by atoms with Gasteiger partial charge in [-0.1, -0.05) is 12.1 Å². The monoisotopic (exact) mass is 256 g/mol. The summed E-state index contributed by atoms with van der Waals surface area (Å²) in [7, 11) is 3.08. The van der Waals surface area contributed by atoms with Crippen LogP contribution in [0.3, 0.4) is 0 Å². The van der Waals surface area contributed by atoms with Crippen LogP contribution in [0, 0.1) is 0 Å². The molecule has 0 fully saturated rings. The maximum absolute atomic E-state index is 12.5. The number of ether oxygens (including phenoxy) is 2. The van der Waals surface area contributed by atoms with Crippen molar-refractivity contribution in [2.75, 3.05) is 14.2 Å². The van der Waals surface area contributed by atoms with Crippen LogP contribution in [0.25, 0.3) is 21.9 Å². The molecule has 0 saturated heterocycles. The van der Waals surface area contributed by atoms with Gasteiger partial charge in [0.2, 0.25) is 5.43 Å². The number of hydrogen-bond acceptors (Lipinski definition) is 4. The largest absolute Gasteiger partial charge is 0.497 e. The third kappa shape index (κ3) is 1.73. The first-order valence-electron chi connectivity index (χ1n) is 5.82. The van der Waals surface area contributed by atoms with Gasteiger partial charge in [0, 0.05) is 6.07 Å². The van der Waals surface area contributed by atoms with Gasteiger partial charge in [-0.2, -0.15) is 0 Å². The third-order valence-electron chi connectivity index (χ3n) is 3.07. The highest BCUT2D eigenvalue weighted by Crippen LogP contribution is 2.31. The molecule has 0 bridgehead atoms. The summed E-state index contributed by atoms with van der Waals surface area (Å²) in [6.45, 7) is 0. The fourth-order valence-corrected chi connectivity index (χ4v) is 2.12. The smallest absolute Gasteiger partial charge is 0.200 e. The van der Waals surface area contributed by atoms with Crippen molar-refractivity contribution in [3.63, 3.8) is 0 Å². The molecular formula is C15H12O4. The van der Waals surface area contributed by atoms with Crippen LogP contribution in [0.2, 0.25) is 0 Å². The summed E-state index contributed by atoms with van der Waals surface area (Å²) in [6, 6.07) is 10.5. The van der Waals surface area contributed by atoms with E-state index in [1.54, 1.807) is 31.4 Å². The van der Waals surface area contributed by atoms with E-state index in [4.69, 9.17) is 13.9 Å². The number of methoxy groups -OCH3 is 2. The molecule has 0 amide bonds. The number of para-hydroxylation sites is 1. The lowest BCUT2D eigenvalue weighted by molar-refractivity contribution is 0.393. The SMILES string of the molecule is COc1cc(OC)c2oc3ccccc3c(=O)c2c1. The lowest BCUT2D eigenvalue weighted by atomic mass is 10.1. The van der Waals surface area contributed by atoms with Crippen LogP contribution in [0.1, 0.15) is 0 Å². The minimum absolute atomic E-state index is 0.0888. The van der Waals surface area contributed by atoms with Gasteiger partial charge in [0.1, 0.15) is 11.3 Å². The van der Waals surface area contributed by atoms with Crippen LogP contribution in [0.5, 0.6) is 11.5 Å². The van der Waals surface area contributed by atoms with Gasteiger partial charge < -0.3 is 13.9 Å². The van der Waals surface area contributed by atoms with E-state index in [2.05, 4.69) is 0 Å². The summed E-state index contributed by atoms with van der Waals surface area (Å²) in [5.41, 5.74) is 0.893. The molecule has 0 aliphatic rings. The highest BCUT2D eigenvalue weighted by molar-refractivity contribution is 5.93. The first-order valence-corrected chi connectivity index (χ1v) is 5.82. The normalized spacial score (nSPS) is 10.8. The second kappa shape index (κ2) is 4.31. The Morgan fingerprint density at radius 2 is 1.79 bits per heavy atom. The highest BCUT2D eigenvalue weighted by atomic mass is 16.5. The van der Waals surface area contributed by atoms with Gasteiger partial charge in [0.05, 0.1) is 25.0 Å². The van der Waals surface area contributed by atoms with Gasteiger partial charge in [-0.3, -0.25) is 4.79 Å². The summed E-state index contributed by atoms with van der Waals surface area (Å²) >= 11 is 0. The summed E-state index contributed by atoms with van der Waals surface area (Å²) in [5.74, 6) is 1.05. The van der Waals surface area contributed by atoms with E-state index in [9.17, 15) is 4.79 Å². The Morgan fingerprint density at radius 3 is 2.53 bits per heavy atom. The molecular weight excluding hydrogens is 244 g/mol. The van der Waals surface area contributed by atoms with Crippen LogP contribution in [0.15, 0.2) is 45.6 Å². The summed E-state index contributed by atoms with van der Waals surface area (Å²) in [6.07, 6.45) is 0. The molecule has 19 heavy (non-hydrogen) atoms. The third-order valence-corrected chi connectivity index (χ3v) is 3.07. The highest BCUT2D eigenvalue weighted by Gasteiger charge is 2.13. The Balaban J connectivity index is 2.54. The molecule has 0 radical (unpaired) electrons. The molecule has 0 atom stereocenters. The Kier molecular flexibility index (Phi) is 2.63. The second-order valence-electron chi connectivity index (χ2n) is 4.13. The molecule has 96 valence electrons. The molecule has 0 spiro atoms. The molecule has 0 N–H and O–H groups in total. The minimum atomic E-state index is -0.0888. The zero-order chi connectivity index (χ0) is 13.4. The Bertz CT molecular complexity index is 817.